The van der Waals surface area contributed by atoms with Crippen LogP contribution in [0.15, 0.2) is 18.5 Å². The lowest BCUT2D eigenvalue weighted by Crippen LogP contribution is -2.43. The van der Waals surface area contributed by atoms with Gasteiger partial charge in [-0.05, 0) is 6.07 Å². The van der Waals surface area contributed by atoms with Crippen molar-refractivity contribution in [1.29, 1.82) is 0 Å². The molecule has 0 aliphatic carbocycles. The molecule has 2 rings (SSSR count). The number of hydrogen-bond acceptors (Lipinski definition) is 8. The van der Waals surface area contributed by atoms with Crippen LogP contribution in [0.3, 0.4) is 0 Å². The van der Waals surface area contributed by atoms with Crippen molar-refractivity contribution in [3.8, 4) is 0 Å². The molecule has 0 saturated heterocycles. The number of rotatable bonds is 5. The molecule has 2 heterocycles. The summed E-state index contributed by atoms with van der Waals surface area (Å²) in [7, 11) is 0. The van der Waals surface area contributed by atoms with Gasteiger partial charge in [-0.1, -0.05) is 0 Å². The van der Waals surface area contributed by atoms with E-state index in [0.29, 0.717) is 0 Å². The maximum Gasteiger partial charge on any atom is 0.255 e. The van der Waals surface area contributed by atoms with Crippen LogP contribution < -0.4 is 0 Å². The monoisotopic (exact) mass is 270 g/mol. The molecule has 0 radical (unpaired) electrons. The molecule has 0 unspecified atom stereocenters. The number of aromatic nitrogens is 4. The summed E-state index contributed by atoms with van der Waals surface area (Å²) in [5.41, 5.74) is 0. The number of fused-ring (bicyclic) bond motifs is 1. The zero-order chi connectivity index (χ0) is 14.0. The van der Waals surface area contributed by atoms with E-state index in [-0.39, 0.29) is 11.6 Å². The third-order valence-corrected chi connectivity index (χ3v) is 2.73. The Hall–Kier alpha value is -1.65. The van der Waals surface area contributed by atoms with Gasteiger partial charge >= 0.3 is 0 Å². The molecule has 0 aliphatic rings. The van der Waals surface area contributed by atoms with E-state index in [1.54, 1.807) is 6.07 Å². The Labute approximate surface area is 107 Å². The molecule has 9 nitrogen and oxygen atoms in total. The van der Waals surface area contributed by atoms with Crippen LogP contribution in [0.25, 0.3) is 5.78 Å². The van der Waals surface area contributed by atoms with Crippen molar-refractivity contribution in [2.75, 3.05) is 6.61 Å². The molecule has 2 aromatic heterocycles. The highest BCUT2D eigenvalue weighted by Crippen LogP contribution is 2.19. The maximum atomic E-state index is 9.94. The average molecular weight is 270 g/mol. The summed E-state index contributed by atoms with van der Waals surface area (Å²) in [5, 5.41) is 54.5. The topological polar surface area (TPSA) is 144 Å². The van der Waals surface area contributed by atoms with Gasteiger partial charge in [0.1, 0.15) is 24.4 Å². The lowest BCUT2D eigenvalue weighted by Gasteiger charge is -2.24. The van der Waals surface area contributed by atoms with E-state index in [9.17, 15) is 20.4 Å². The number of nitrogens with zero attached hydrogens (tertiary/aromatic N) is 4. The Kier molecular flexibility index (Phi) is 4.02. The minimum Gasteiger partial charge on any atom is -0.394 e. The first-order valence-electron chi connectivity index (χ1n) is 5.55. The summed E-state index contributed by atoms with van der Waals surface area (Å²) in [6.45, 7) is -0.743. The summed E-state index contributed by atoms with van der Waals surface area (Å²) < 4.78 is 1.34. The van der Waals surface area contributed by atoms with Gasteiger partial charge < -0.3 is 25.5 Å². The first kappa shape index (κ1) is 13.8. The van der Waals surface area contributed by atoms with Crippen LogP contribution in [0.2, 0.25) is 0 Å². The van der Waals surface area contributed by atoms with Gasteiger partial charge in [-0.25, -0.2) is 4.98 Å². The highest BCUT2D eigenvalue weighted by Gasteiger charge is 2.33. The Bertz CT molecular complexity index is 547. The largest absolute Gasteiger partial charge is 0.394 e. The average Bonchev–Trinajstić information content (AvgIpc) is 2.87. The highest BCUT2D eigenvalue weighted by molar-refractivity contribution is 5.27. The number of hydrogen-bond donors (Lipinski definition) is 5. The molecule has 0 fully saturated rings. The number of aliphatic hydroxyl groups excluding tert-OH is 5. The van der Waals surface area contributed by atoms with Crippen molar-refractivity contribution in [2.24, 2.45) is 0 Å². The molecule has 2 aromatic rings. The lowest BCUT2D eigenvalue weighted by atomic mass is 10.0. The van der Waals surface area contributed by atoms with E-state index in [0.717, 1.165) is 0 Å². The van der Waals surface area contributed by atoms with Crippen molar-refractivity contribution >= 4 is 5.78 Å². The van der Waals surface area contributed by atoms with E-state index >= 15 is 0 Å². The minimum atomic E-state index is -1.73. The second-order valence-electron chi connectivity index (χ2n) is 4.02. The van der Waals surface area contributed by atoms with E-state index < -0.39 is 31.0 Å². The zero-order valence-corrected chi connectivity index (χ0v) is 9.77. The van der Waals surface area contributed by atoms with Crippen LogP contribution in [0.4, 0.5) is 0 Å². The van der Waals surface area contributed by atoms with Crippen molar-refractivity contribution in [1.82, 2.24) is 19.6 Å². The van der Waals surface area contributed by atoms with Crippen LogP contribution in [-0.2, 0) is 0 Å². The van der Waals surface area contributed by atoms with Gasteiger partial charge in [-0.3, -0.25) is 4.40 Å². The molecule has 4 atom stereocenters. The Morgan fingerprint density at radius 3 is 2.53 bits per heavy atom. The highest BCUT2D eigenvalue weighted by atomic mass is 16.4. The van der Waals surface area contributed by atoms with Gasteiger partial charge in [-0.15, -0.1) is 10.2 Å². The molecule has 19 heavy (non-hydrogen) atoms. The van der Waals surface area contributed by atoms with Gasteiger partial charge in [0.05, 0.1) is 6.61 Å². The second kappa shape index (κ2) is 5.55. The molecule has 0 aliphatic heterocycles. The fourth-order valence-corrected chi connectivity index (χ4v) is 1.64. The summed E-state index contributed by atoms with van der Waals surface area (Å²) in [6, 6.07) is 1.58. The van der Waals surface area contributed by atoms with Gasteiger partial charge in [-0.2, -0.15) is 0 Å². The van der Waals surface area contributed by atoms with Crippen molar-refractivity contribution < 1.29 is 25.5 Å². The van der Waals surface area contributed by atoms with Gasteiger partial charge in [0, 0.05) is 12.4 Å². The SMILES string of the molecule is OC[C@@H](O)[C@@H](O)[C@H](O)[C@@H](O)c1nnc2ncccn12. The van der Waals surface area contributed by atoms with Crippen LogP contribution in [0.5, 0.6) is 0 Å². The first-order valence-corrected chi connectivity index (χ1v) is 5.55. The normalized spacial score (nSPS) is 18.2. The van der Waals surface area contributed by atoms with Crippen LogP contribution >= 0.6 is 0 Å². The minimum absolute atomic E-state index is 0.0280. The zero-order valence-electron chi connectivity index (χ0n) is 9.77. The van der Waals surface area contributed by atoms with E-state index in [2.05, 4.69) is 15.2 Å². The molecule has 0 bridgehead atoms. The van der Waals surface area contributed by atoms with E-state index in [4.69, 9.17) is 5.11 Å². The van der Waals surface area contributed by atoms with Crippen molar-refractivity contribution in [2.45, 2.75) is 24.4 Å². The van der Waals surface area contributed by atoms with Gasteiger partial charge in [0.2, 0.25) is 0 Å². The second-order valence-corrected chi connectivity index (χ2v) is 4.02. The molecule has 5 N–H and O–H groups in total. The van der Waals surface area contributed by atoms with Crippen molar-refractivity contribution in [3.63, 3.8) is 0 Å². The van der Waals surface area contributed by atoms with Crippen LogP contribution in [0, 0.1) is 0 Å². The van der Waals surface area contributed by atoms with Gasteiger partial charge in [0.25, 0.3) is 5.78 Å². The Morgan fingerprint density at radius 2 is 1.84 bits per heavy atom. The fraction of sp³-hybridized carbons (Fsp3) is 0.500. The smallest absolute Gasteiger partial charge is 0.255 e. The molecular weight excluding hydrogens is 256 g/mol. The first-order chi connectivity index (χ1) is 9.06. The molecule has 9 heteroatoms. The van der Waals surface area contributed by atoms with Crippen LogP contribution in [0.1, 0.15) is 11.9 Å². The molecule has 0 amide bonds. The summed E-state index contributed by atoms with van der Waals surface area (Å²) in [4.78, 5) is 3.88. The molecule has 0 spiro atoms. The van der Waals surface area contributed by atoms with E-state index in [1.165, 1.54) is 16.8 Å². The van der Waals surface area contributed by atoms with Gasteiger partial charge in [0.15, 0.2) is 5.82 Å². The standard InChI is InChI=1S/C10H14N4O5/c15-4-5(16)6(17)7(18)8(19)9-12-13-10-11-2-1-3-14(9)10/h1-3,5-8,15-19H,4H2/t5-,6-,7+,8-/m1/s1. The maximum absolute atomic E-state index is 9.94. The molecular formula is C10H14N4O5. The third kappa shape index (κ3) is 2.55. The van der Waals surface area contributed by atoms with Crippen molar-refractivity contribution in [3.05, 3.63) is 24.3 Å². The molecule has 104 valence electrons. The third-order valence-electron chi connectivity index (χ3n) is 2.73. The summed E-state index contributed by atoms with van der Waals surface area (Å²) >= 11 is 0. The number of aliphatic hydroxyl groups is 5. The fourth-order valence-electron chi connectivity index (χ4n) is 1.64. The van der Waals surface area contributed by atoms with E-state index in [1.807, 2.05) is 0 Å². The summed E-state index contributed by atoms with van der Waals surface area (Å²) in [5.74, 6) is 0.195. The Balaban J connectivity index is 2.26. The molecule has 0 aromatic carbocycles. The predicted molar refractivity (Wildman–Crippen MR) is 60.8 cm³/mol. The summed E-state index contributed by atoms with van der Waals surface area (Å²) in [6.07, 6.45) is -3.58. The predicted octanol–water partition coefficient (Wildman–Crippen LogP) is -2.77. The lowest BCUT2D eigenvalue weighted by molar-refractivity contribution is -0.118. The quantitative estimate of drug-likeness (QED) is 0.393. The van der Waals surface area contributed by atoms with Crippen LogP contribution in [-0.4, -0.2) is 70.0 Å². The molecule has 0 saturated carbocycles. The Morgan fingerprint density at radius 1 is 1.11 bits per heavy atom.